The topological polar surface area (TPSA) is 43.8 Å². The van der Waals surface area contributed by atoms with Crippen LogP contribution in [0.25, 0.3) is 0 Å². The molecule has 4 nitrogen and oxygen atoms in total. The molecule has 0 bridgehead atoms. The Morgan fingerprint density at radius 2 is 1.85 bits per heavy atom. The average Bonchev–Trinajstić information content (AvgIpc) is 2.77. The number of anilines is 1. The molecule has 1 aromatic rings. The Hall–Kier alpha value is -1.55. The van der Waals surface area contributed by atoms with Crippen LogP contribution in [0.1, 0.15) is 32.1 Å². The van der Waals surface area contributed by atoms with E-state index >= 15 is 0 Å². The molecule has 2 fully saturated rings. The van der Waals surface area contributed by atoms with E-state index in [0.29, 0.717) is 0 Å². The average molecular weight is 274 g/mol. The molecule has 0 unspecified atom stereocenters. The Morgan fingerprint density at radius 1 is 1.15 bits per heavy atom. The monoisotopic (exact) mass is 274 g/mol. The first-order valence-electron chi connectivity index (χ1n) is 7.46. The third kappa shape index (κ3) is 2.52. The van der Waals surface area contributed by atoms with E-state index in [1.165, 1.54) is 37.8 Å². The molecule has 108 valence electrons. The number of para-hydroxylation sites is 1. The van der Waals surface area contributed by atoms with Crippen molar-refractivity contribution in [1.29, 1.82) is 0 Å². The molecule has 0 atom stereocenters. The zero-order valence-corrected chi connectivity index (χ0v) is 11.8. The van der Waals surface area contributed by atoms with Crippen molar-refractivity contribution in [3.05, 3.63) is 30.3 Å². The first kappa shape index (κ1) is 13.4. The van der Waals surface area contributed by atoms with E-state index in [9.17, 15) is 4.79 Å². The summed E-state index contributed by atoms with van der Waals surface area (Å²) in [6, 6.07) is 10.4. The first-order chi connectivity index (χ1) is 9.70. The highest BCUT2D eigenvalue weighted by atomic mass is 16.4. The van der Waals surface area contributed by atoms with E-state index in [1.54, 1.807) is 0 Å². The van der Waals surface area contributed by atoms with E-state index in [2.05, 4.69) is 34.1 Å². The van der Waals surface area contributed by atoms with Gasteiger partial charge in [0.25, 0.3) is 0 Å². The lowest BCUT2D eigenvalue weighted by molar-refractivity contribution is -0.138. The van der Waals surface area contributed by atoms with E-state index in [4.69, 9.17) is 5.11 Å². The summed E-state index contributed by atoms with van der Waals surface area (Å²) < 4.78 is 0. The molecule has 1 spiro atoms. The van der Waals surface area contributed by atoms with Crippen LogP contribution in [0, 0.1) is 0 Å². The molecule has 4 heteroatoms. The molecule has 1 aliphatic heterocycles. The Bertz CT molecular complexity index is 469. The fraction of sp³-hybridized carbons (Fsp3) is 0.562. The van der Waals surface area contributed by atoms with Crippen LogP contribution in [0.2, 0.25) is 0 Å². The van der Waals surface area contributed by atoms with Gasteiger partial charge in [0.1, 0.15) is 0 Å². The molecule has 1 heterocycles. The molecule has 20 heavy (non-hydrogen) atoms. The first-order valence-corrected chi connectivity index (χ1v) is 7.46. The molecular weight excluding hydrogens is 252 g/mol. The molecule has 1 N–H and O–H groups in total. The molecule has 1 aliphatic carbocycles. The molecule has 0 aromatic heterocycles. The third-order valence-corrected chi connectivity index (χ3v) is 4.64. The quantitative estimate of drug-likeness (QED) is 0.920. The molecule has 3 rings (SSSR count). The Balaban J connectivity index is 1.86. The second-order valence-corrected chi connectivity index (χ2v) is 6.07. The van der Waals surface area contributed by atoms with Crippen molar-refractivity contribution < 1.29 is 9.90 Å². The lowest BCUT2D eigenvalue weighted by atomic mass is 9.81. The van der Waals surface area contributed by atoms with E-state index < -0.39 is 5.97 Å². The van der Waals surface area contributed by atoms with Crippen molar-refractivity contribution in [1.82, 2.24) is 4.90 Å². The summed E-state index contributed by atoms with van der Waals surface area (Å²) in [5.74, 6) is -0.731. The zero-order valence-electron chi connectivity index (χ0n) is 11.8. The number of carboxylic acids is 1. The van der Waals surface area contributed by atoms with E-state index in [1.807, 2.05) is 6.07 Å². The minimum atomic E-state index is -0.731. The van der Waals surface area contributed by atoms with Gasteiger partial charge in [-0.05, 0) is 25.0 Å². The molecule has 1 aromatic carbocycles. The number of hydrogen-bond acceptors (Lipinski definition) is 3. The Kier molecular flexibility index (Phi) is 3.66. The van der Waals surface area contributed by atoms with Crippen molar-refractivity contribution in [2.24, 2.45) is 0 Å². The zero-order chi connectivity index (χ0) is 14.0. The van der Waals surface area contributed by atoms with Crippen LogP contribution in [0.15, 0.2) is 30.3 Å². The molecule has 0 radical (unpaired) electrons. The number of aliphatic carboxylic acids is 1. The van der Waals surface area contributed by atoms with Crippen LogP contribution in [-0.4, -0.2) is 41.3 Å². The van der Waals surface area contributed by atoms with Crippen LogP contribution in [-0.2, 0) is 4.79 Å². The van der Waals surface area contributed by atoms with E-state index in [0.717, 1.165) is 13.2 Å². The van der Waals surface area contributed by atoms with Gasteiger partial charge in [0.2, 0.25) is 0 Å². The van der Waals surface area contributed by atoms with Crippen molar-refractivity contribution in [2.45, 2.75) is 37.6 Å². The van der Waals surface area contributed by atoms with Crippen LogP contribution < -0.4 is 4.90 Å². The van der Waals surface area contributed by atoms with Gasteiger partial charge in [-0.1, -0.05) is 37.5 Å². The molecule has 2 aliphatic rings. The summed E-state index contributed by atoms with van der Waals surface area (Å²) >= 11 is 0. The Labute approximate surface area is 120 Å². The minimum absolute atomic E-state index is 0.144. The third-order valence-electron chi connectivity index (χ3n) is 4.64. The molecule has 1 saturated carbocycles. The van der Waals surface area contributed by atoms with Crippen LogP contribution in [0.3, 0.4) is 0 Å². The number of rotatable bonds is 3. The van der Waals surface area contributed by atoms with Crippen molar-refractivity contribution in [3.63, 3.8) is 0 Å². The summed E-state index contributed by atoms with van der Waals surface area (Å²) in [6.07, 6.45) is 6.17. The van der Waals surface area contributed by atoms with Gasteiger partial charge in [0.05, 0.1) is 18.8 Å². The van der Waals surface area contributed by atoms with Gasteiger partial charge in [-0.25, -0.2) is 0 Å². The van der Waals surface area contributed by atoms with Crippen molar-refractivity contribution >= 4 is 11.7 Å². The lowest BCUT2D eigenvalue weighted by Gasteiger charge is -2.42. The number of hydrogen-bond donors (Lipinski definition) is 1. The van der Waals surface area contributed by atoms with Crippen molar-refractivity contribution in [3.8, 4) is 0 Å². The Morgan fingerprint density at radius 3 is 2.50 bits per heavy atom. The van der Waals surface area contributed by atoms with Gasteiger partial charge in [-0.3, -0.25) is 9.69 Å². The summed E-state index contributed by atoms with van der Waals surface area (Å²) in [4.78, 5) is 15.5. The van der Waals surface area contributed by atoms with Gasteiger partial charge >= 0.3 is 5.97 Å². The maximum Gasteiger partial charge on any atom is 0.317 e. The fourth-order valence-electron chi connectivity index (χ4n) is 3.80. The predicted octanol–water partition coefficient (Wildman–Crippen LogP) is 2.55. The van der Waals surface area contributed by atoms with E-state index in [-0.39, 0.29) is 12.1 Å². The summed E-state index contributed by atoms with van der Waals surface area (Å²) in [6.45, 7) is 1.76. The van der Waals surface area contributed by atoms with Gasteiger partial charge in [0, 0.05) is 12.2 Å². The second-order valence-electron chi connectivity index (χ2n) is 6.07. The smallest absolute Gasteiger partial charge is 0.317 e. The van der Waals surface area contributed by atoms with Gasteiger partial charge in [0.15, 0.2) is 0 Å². The normalized spacial score (nSPS) is 22.3. The maximum atomic E-state index is 11.0. The van der Waals surface area contributed by atoms with Crippen molar-refractivity contribution in [2.75, 3.05) is 24.7 Å². The summed E-state index contributed by atoms with van der Waals surface area (Å²) in [5, 5.41) is 9.06. The number of carboxylic acid groups (broad SMARTS) is 1. The molecular formula is C16H22N2O2. The SMILES string of the molecule is O=C(O)CN1CN(c2ccccc2)C2(CCCCC2)C1. The molecule has 0 amide bonds. The summed E-state index contributed by atoms with van der Waals surface area (Å²) in [7, 11) is 0. The predicted molar refractivity (Wildman–Crippen MR) is 78.8 cm³/mol. The van der Waals surface area contributed by atoms with Gasteiger partial charge < -0.3 is 10.0 Å². The second kappa shape index (κ2) is 5.44. The highest BCUT2D eigenvalue weighted by Gasteiger charge is 2.45. The highest BCUT2D eigenvalue weighted by molar-refractivity contribution is 5.69. The standard InChI is InChI=1S/C16H22N2O2/c19-15(20)11-17-12-16(9-5-2-6-10-16)18(13-17)14-7-3-1-4-8-14/h1,3-4,7-8H,2,5-6,9-13H2,(H,19,20). The number of nitrogens with zero attached hydrogens (tertiary/aromatic N) is 2. The number of carbonyl (C=O) groups is 1. The van der Waals surface area contributed by atoms with Gasteiger partial charge in [-0.2, -0.15) is 0 Å². The highest BCUT2D eigenvalue weighted by Crippen LogP contribution is 2.40. The molecule has 1 saturated heterocycles. The maximum absolute atomic E-state index is 11.0. The lowest BCUT2D eigenvalue weighted by Crippen LogP contribution is -2.47. The summed E-state index contributed by atoms with van der Waals surface area (Å²) in [5.41, 5.74) is 1.37. The largest absolute Gasteiger partial charge is 0.480 e. The van der Waals surface area contributed by atoms with Crippen LogP contribution in [0.5, 0.6) is 0 Å². The van der Waals surface area contributed by atoms with Crippen LogP contribution in [0.4, 0.5) is 5.69 Å². The van der Waals surface area contributed by atoms with Gasteiger partial charge in [-0.15, -0.1) is 0 Å². The van der Waals surface area contributed by atoms with Crippen LogP contribution >= 0.6 is 0 Å². The fourth-order valence-corrected chi connectivity index (χ4v) is 3.80. The number of benzene rings is 1. The minimum Gasteiger partial charge on any atom is -0.480 e.